The van der Waals surface area contributed by atoms with Gasteiger partial charge in [0.1, 0.15) is 11.7 Å². The third-order valence-corrected chi connectivity index (χ3v) is 5.81. The standard InChI is InChI=1S/C21H21ClN2O3/c1-21-12-16(15-7-2-3-8-17(15)27-21)18(19(23)25)20(26)24(21)10-9-13-5-4-6-14(22)11-13/h2-8,11,16,18H,9-10,12H2,1H3,(H2,23,25)/t16-,18+,21-/m0/s1. The van der Waals surface area contributed by atoms with Gasteiger partial charge in [-0.15, -0.1) is 0 Å². The zero-order chi connectivity index (χ0) is 19.2. The molecule has 0 aromatic heterocycles. The van der Waals surface area contributed by atoms with Crippen LogP contribution in [-0.4, -0.2) is 29.0 Å². The molecule has 0 unspecified atom stereocenters. The van der Waals surface area contributed by atoms with Gasteiger partial charge in [0.15, 0.2) is 5.72 Å². The fourth-order valence-corrected chi connectivity index (χ4v) is 4.53. The van der Waals surface area contributed by atoms with E-state index in [4.69, 9.17) is 22.1 Å². The number of carbonyl (C=O) groups excluding carboxylic acids is 2. The highest BCUT2D eigenvalue weighted by Crippen LogP contribution is 2.49. The molecule has 2 aromatic carbocycles. The van der Waals surface area contributed by atoms with Crippen LogP contribution in [0.5, 0.6) is 5.75 Å². The number of ether oxygens (including phenoxy) is 1. The molecule has 3 atom stereocenters. The van der Waals surface area contributed by atoms with Crippen LogP contribution in [0.15, 0.2) is 48.5 Å². The van der Waals surface area contributed by atoms with Crippen LogP contribution in [0.4, 0.5) is 0 Å². The number of nitrogens with two attached hydrogens (primary N) is 1. The molecule has 27 heavy (non-hydrogen) atoms. The molecular formula is C21H21ClN2O3. The molecular weight excluding hydrogens is 364 g/mol. The monoisotopic (exact) mass is 384 g/mol. The van der Waals surface area contributed by atoms with Crippen molar-refractivity contribution in [1.82, 2.24) is 4.90 Å². The van der Waals surface area contributed by atoms with Crippen molar-refractivity contribution in [1.29, 1.82) is 0 Å². The molecule has 0 spiro atoms. The van der Waals surface area contributed by atoms with Gasteiger partial charge in [-0.2, -0.15) is 0 Å². The zero-order valence-electron chi connectivity index (χ0n) is 15.0. The maximum absolute atomic E-state index is 13.2. The smallest absolute Gasteiger partial charge is 0.238 e. The van der Waals surface area contributed by atoms with Gasteiger partial charge in [0, 0.05) is 23.9 Å². The molecule has 2 heterocycles. The van der Waals surface area contributed by atoms with Crippen LogP contribution < -0.4 is 10.5 Å². The minimum absolute atomic E-state index is 0.257. The lowest BCUT2D eigenvalue weighted by atomic mass is 9.73. The van der Waals surface area contributed by atoms with Crippen molar-refractivity contribution in [3.05, 3.63) is 64.7 Å². The molecule has 0 aliphatic carbocycles. The fourth-order valence-electron chi connectivity index (χ4n) is 4.31. The van der Waals surface area contributed by atoms with Crippen molar-refractivity contribution in [2.75, 3.05) is 6.54 Å². The Morgan fingerprint density at radius 1 is 1.30 bits per heavy atom. The van der Waals surface area contributed by atoms with Crippen molar-refractivity contribution in [2.45, 2.75) is 31.4 Å². The Kier molecular flexibility index (Phi) is 4.35. The van der Waals surface area contributed by atoms with Gasteiger partial charge >= 0.3 is 0 Å². The first-order valence-corrected chi connectivity index (χ1v) is 9.40. The number of fused-ring (bicyclic) bond motifs is 4. The van der Waals surface area contributed by atoms with Gasteiger partial charge < -0.3 is 15.4 Å². The van der Waals surface area contributed by atoms with E-state index in [-0.39, 0.29) is 11.8 Å². The number of primary amides is 1. The molecule has 140 valence electrons. The minimum Gasteiger partial charge on any atom is -0.468 e. The van der Waals surface area contributed by atoms with Gasteiger partial charge in [-0.05, 0) is 42.7 Å². The molecule has 4 rings (SSSR count). The Morgan fingerprint density at radius 3 is 2.81 bits per heavy atom. The van der Waals surface area contributed by atoms with E-state index in [9.17, 15) is 9.59 Å². The van der Waals surface area contributed by atoms with E-state index in [1.807, 2.05) is 55.5 Å². The number of amides is 2. The first-order chi connectivity index (χ1) is 12.9. The summed E-state index contributed by atoms with van der Waals surface area (Å²) in [6, 6.07) is 15.1. The maximum atomic E-state index is 13.2. The Balaban J connectivity index is 1.68. The van der Waals surface area contributed by atoms with Crippen molar-refractivity contribution in [2.24, 2.45) is 11.7 Å². The second-order valence-electron chi connectivity index (χ2n) is 7.38. The van der Waals surface area contributed by atoms with E-state index in [1.165, 1.54) is 0 Å². The lowest BCUT2D eigenvalue weighted by Gasteiger charge is -2.52. The van der Waals surface area contributed by atoms with Crippen LogP contribution in [0.1, 0.15) is 30.4 Å². The summed E-state index contributed by atoms with van der Waals surface area (Å²) in [6.45, 7) is 2.33. The number of para-hydroxylation sites is 1. The Bertz CT molecular complexity index is 916. The summed E-state index contributed by atoms with van der Waals surface area (Å²) in [5, 5.41) is 0.654. The molecule has 6 heteroatoms. The number of piperidine rings is 1. The molecule has 2 bridgehead atoms. The fraction of sp³-hybridized carbons (Fsp3) is 0.333. The average Bonchev–Trinajstić information content (AvgIpc) is 2.61. The number of benzene rings is 2. The largest absolute Gasteiger partial charge is 0.468 e. The number of hydrogen-bond acceptors (Lipinski definition) is 3. The van der Waals surface area contributed by atoms with E-state index in [0.717, 1.165) is 11.1 Å². The number of rotatable bonds is 4. The molecule has 1 fully saturated rings. The number of hydrogen-bond donors (Lipinski definition) is 1. The highest BCUT2D eigenvalue weighted by atomic mass is 35.5. The Labute approximate surface area is 163 Å². The second kappa shape index (κ2) is 6.57. The molecule has 2 aromatic rings. The third kappa shape index (κ3) is 3.06. The molecule has 5 nitrogen and oxygen atoms in total. The summed E-state index contributed by atoms with van der Waals surface area (Å²) in [6.07, 6.45) is 1.15. The quantitative estimate of drug-likeness (QED) is 0.823. The molecule has 2 amide bonds. The van der Waals surface area contributed by atoms with Crippen LogP contribution in [0.2, 0.25) is 5.02 Å². The summed E-state index contributed by atoms with van der Waals surface area (Å²) < 4.78 is 6.24. The van der Waals surface area contributed by atoms with Crippen molar-refractivity contribution in [3.8, 4) is 5.75 Å². The summed E-state index contributed by atoms with van der Waals surface area (Å²) in [5.41, 5.74) is 6.73. The van der Waals surface area contributed by atoms with Gasteiger partial charge in [-0.25, -0.2) is 0 Å². The van der Waals surface area contributed by atoms with Gasteiger partial charge in [0.25, 0.3) is 0 Å². The first kappa shape index (κ1) is 17.9. The topological polar surface area (TPSA) is 72.6 Å². The molecule has 1 saturated heterocycles. The predicted molar refractivity (Wildman–Crippen MR) is 102 cm³/mol. The summed E-state index contributed by atoms with van der Waals surface area (Å²) in [5.74, 6) is -1.27. The molecule has 2 aliphatic heterocycles. The van der Waals surface area contributed by atoms with E-state index in [1.54, 1.807) is 4.90 Å². The molecule has 0 saturated carbocycles. The lowest BCUT2D eigenvalue weighted by molar-refractivity contribution is -0.175. The third-order valence-electron chi connectivity index (χ3n) is 5.57. The predicted octanol–water partition coefficient (Wildman–Crippen LogP) is 3.11. The van der Waals surface area contributed by atoms with Crippen LogP contribution >= 0.6 is 11.6 Å². The zero-order valence-corrected chi connectivity index (χ0v) is 15.8. The Morgan fingerprint density at radius 2 is 2.07 bits per heavy atom. The van der Waals surface area contributed by atoms with E-state index >= 15 is 0 Å². The number of carbonyl (C=O) groups is 2. The molecule has 0 radical (unpaired) electrons. The van der Waals surface area contributed by atoms with E-state index in [2.05, 4.69) is 0 Å². The van der Waals surface area contributed by atoms with E-state index in [0.29, 0.717) is 30.2 Å². The first-order valence-electron chi connectivity index (χ1n) is 9.02. The van der Waals surface area contributed by atoms with Crippen LogP contribution in [0, 0.1) is 5.92 Å². The SMILES string of the molecule is C[C@@]12C[C@@H](c3ccccc3O1)[C@H](C(N)=O)C(=O)N2CCc1cccc(Cl)c1. The van der Waals surface area contributed by atoms with Crippen LogP contribution in [-0.2, 0) is 16.0 Å². The normalized spacial score (nSPS) is 26.3. The summed E-state index contributed by atoms with van der Waals surface area (Å²) in [4.78, 5) is 27.0. The molecule has 2 aliphatic rings. The Hall–Kier alpha value is -2.53. The van der Waals surface area contributed by atoms with Crippen molar-refractivity contribution in [3.63, 3.8) is 0 Å². The van der Waals surface area contributed by atoms with Gasteiger partial charge in [-0.1, -0.05) is 41.9 Å². The number of halogens is 1. The molecule has 2 N–H and O–H groups in total. The van der Waals surface area contributed by atoms with Gasteiger partial charge in [-0.3, -0.25) is 9.59 Å². The van der Waals surface area contributed by atoms with Crippen molar-refractivity contribution >= 4 is 23.4 Å². The van der Waals surface area contributed by atoms with Crippen molar-refractivity contribution < 1.29 is 14.3 Å². The van der Waals surface area contributed by atoms with Gasteiger partial charge in [0.05, 0.1) is 0 Å². The lowest BCUT2D eigenvalue weighted by Crippen LogP contribution is -2.64. The highest BCUT2D eigenvalue weighted by molar-refractivity contribution is 6.30. The van der Waals surface area contributed by atoms with Crippen LogP contribution in [0.3, 0.4) is 0 Å². The van der Waals surface area contributed by atoms with E-state index < -0.39 is 17.6 Å². The summed E-state index contributed by atoms with van der Waals surface area (Å²) in [7, 11) is 0. The number of nitrogens with zero attached hydrogens (tertiary/aromatic N) is 1. The highest BCUT2D eigenvalue weighted by Gasteiger charge is 2.55. The second-order valence-corrected chi connectivity index (χ2v) is 7.81. The van der Waals surface area contributed by atoms with Gasteiger partial charge in [0.2, 0.25) is 11.8 Å². The maximum Gasteiger partial charge on any atom is 0.238 e. The van der Waals surface area contributed by atoms with Crippen LogP contribution in [0.25, 0.3) is 0 Å². The summed E-state index contributed by atoms with van der Waals surface area (Å²) >= 11 is 6.06. The average molecular weight is 385 g/mol. The number of likely N-dealkylation sites (tertiary alicyclic amines) is 1. The minimum atomic E-state index is -0.873.